The van der Waals surface area contributed by atoms with Gasteiger partial charge in [0, 0.05) is 28.5 Å². The average Bonchev–Trinajstić information content (AvgIpc) is 2.73. The van der Waals surface area contributed by atoms with Crippen molar-refractivity contribution in [1.82, 2.24) is 0 Å². The van der Waals surface area contributed by atoms with Crippen LogP contribution < -0.4 is 15.9 Å². The number of nitrogens with zero attached hydrogens (tertiary/aromatic N) is 1. The summed E-state index contributed by atoms with van der Waals surface area (Å²) in [6, 6.07) is 10.6. The Bertz CT molecular complexity index is 983. The number of para-hydroxylation sites is 1. The first kappa shape index (κ1) is 20.8. The third-order valence-electron chi connectivity index (χ3n) is 5.28. The topological polar surface area (TPSA) is 112 Å². The molecule has 0 aliphatic heterocycles. The Balaban J connectivity index is 2.26. The fourth-order valence-electron chi connectivity index (χ4n) is 3.73. The Hall–Kier alpha value is -2.90. The van der Waals surface area contributed by atoms with Crippen LogP contribution in [-0.4, -0.2) is 36.2 Å². The van der Waals surface area contributed by atoms with Crippen LogP contribution in [0.4, 0.5) is 11.4 Å². The SMILES string of the molecule is COc1c(B(O)O)cccc1C(=Nc1ccc(N)c(C=N)c1)C1=C(C)CCCC1. The van der Waals surface area contributed by atoms with Gasteiger partial charge in [-0.3, -0.25) is 0 Å². The summed E-state index contributed by atoms with van der Waals surface area (Å²) in [5, 5.41) is 27.1. The zero-order chi connectivity index (χ0) is 21.0. The van der Waals surface area contributed by atoms with Crippen molar-refractivity contribution in [2.45, 2.75) is 32.6 Å². The number of rotatable bonds is 6. The van der Waals surface area contributed by atoms with E-state index < -0.39 is 7.12 Å². The third kappa shape index (κ3) is 4.41. The maximum absolute atomic E-state index is 9.78. The monoisotopic (exact) mass is 391 g/mol. The van der Waals surface area contributed by atoms with Gasteiger partial charge in [0.1, 0.15) is 5.75 Å². The van der Waals surface area contributed by atoms with Crippen molar-refractivity contribution in [3.63, 3.8) is 0 Å². The minimum Gasteiger partial charge on any atom is -0.496 e. The number of hydrogen-bond donors (Lipinski definition) is 4. The highest BCUT2D eigenvalue weighted by Crippen LogP contribution is 2.32. The van der Waals surface area contributed by atoms with Crippen LogP contribution in [0.15, 0.2) is 52.5 Å². The molecular weight excluding hydrogens is 365 g/mol. The van der Waals surface area contributed by atoms with Gasteiger partial charge in [0.25, 0.3) is 0 Å². The lowest BCUT2D eigenvalue weighted by molar-refractivity contribution is 0.402. The Morgan fingerprint density at radius 1 is 1.21 bits per heavy atom. The van der Waals surface area contributed by atoms with E-state index in [1.807, 2.05) is 12.1 Å². The third-order valence-corrected chi connectivity index (χ3v) is 5.28. The summed E-state index contributed by atoms with van der Waals surface area (Å²) >= 11 is 0. The molecular formula is C22H26BN3O3. The summed E-state index contributed by atoms with van der Waals surface area (Å²) in [6.07, 6.45) is 5.33. The lowest BCUT2D eigenvalue weighted by atomic mass is 9.77. The fraction of sp³-hybridized carbons (Fsp3) is 0.273. The summed E-state index contributed by atoms with van der Waals surface area (Å²) in [6.45, 7) is 2.12. The number of methoxy groups -OCH3 is 1. The number of allylic oxidation sites excluding steroid dienone is 2. The van der Waals surface area contributed by atoms with Gasteiger partial charge in [-0.1, -0.05) is 17.7 Å². The quantitative estimate of drug-likeness (QED) is 0.345. The molecule has 29 heavy (non-hydrogen) atoms. The van der Waals surface area contributed by atoms with Crippen LogP contribution in [0.5, 0.6) is 5.75 Å². The van der Waals surface area contributed by atoms with Gasteiger partial charge in [-0.05, 0) is 62.4 Å². The second-order valence-electron chi connectivity index (χ2n) is 7.19. The molecule has 0 atom stereocenters. The fourth-order valence-corrected chi connectivity index (χ4v) is 3.73. The number of benzene rings is 2. The van der Waals surface area contributed by atoms with Crippen molar-refractivity contribution < 1.29 is 14.8 Å². The molecule has 2 aromatic carbocycles. The van der Waals surface area contributed by atoms with Crippen molar-refractivity contribution in [2.24, 2.45) is 4.99 Å². The van der Waals surface area contributed by atoms with E-state index in [2.05, 4.69) is 6.92 Å². The second kappa shape index (κ2) is 9.07. The molecule has 150 valence electrons. The Morgan fingerprint density at radius 3 is 2.62 bits per heavy atom. The van der Waals surface area contributed by atoms with E-state index in [0.717, 1.165) is 37.0 Å². The summed E-state index contributed by atoms with van der Waals surface area (Å²) in [4.78, 5) is 4.92. The number of nitrogens with one attached hydrogen (secondary N) is 1. The molecule has 0 radical (unpaired) electrons. The van der Waals surface area contributed by atoms with Gasteiger partial charge in [-0.25, -0.2) is 4.99 Å². The molecule has 0 spiro atoms. The molecule has 1 aliphatic rings. The van der Waals surface area contributed by atoms with E-state index >= 15 is 0 Å². The van der Waals surface area contributed by atoms with Crippen LogP contribution in [0.2, 0.25) is 0 Å². The highest BCUT2D eigenvalue weighted by atomic mass is 16.5. The lowest BCUT2D eigenvalue weighted by Gasteiger charge is -2.22. The maximum atomic E-state index is 9.78. The molecule has 0 aromatic heterocycles. The highest BCUT2D eigenvalue weighted by Gasteiger charge is 2.25. The summed E-state index contributed by atoms with van der Waals surface area (Å²) in [5.74, 6) is 0.398. The predicted molar refractivity (Wildman–Crippen MR) is 119 cm³/mol. The Morgan fingerprint density at radius 2 is 1.97 bits per heavy atom. The number of hydrogen-bond acceptors (Lipinski definition) is 6. The van der Waals surface area contributed by atoms with Crippen LogP contribution >= 0.6 is 0 Å². The van der Waals surface area contributed by atoms with Gasteiger partial charge in [0.15, 0.2) is 0 Å². The van der Waals surface area contributed by atoms with E-state index in [4.69, 9.17) is 20.9 Å². The van der Waals surface area contributed by atoms with Crippen molar-refractivity contribution in [3.8, 4) is 5.75 Å². The second-order valence-corrected chi connectivity index (χ2v) is 7.19. The largest absolute Gasteiger partial charge is 0.496 e. The Kier molecular flexibility index (Phi) is 6.51. The molecule has 0 saturated heterocycles. The first-order valence-electron chi connectivity index (χ1n) is 9.67. The Labute approximate surface area is 171 Å². The van der Waals surface area contributed by atoms with Crippen molar-refractivity contribution in [3.05, 3.63) is 58.7 Å². The van der Waals surface area contributed by atoms with Crippen molar-refractivity contribution in [2.75, 3.05) is 12.8 Å². The first-order valence-corrected chi connectivity index (χ1v) is 9.67. The smallest absolute Gasteiger partial charge is 0.492 e. The molecule has 5 N–H and O–H groups in total. The predicted octanol–water partition coefficient (Wildman–Crippen LogP) is 2.97. The van der Waals surface area contributed by atoms with Gasteiger partial charge < -0.3 is 25.9 Å². The first-order chi connectivity index (χ1) is 14.0. The molecule has 1 aliphatic carbocycles. The van der Waals surface area contributed by atoms with Crippen LogP contribution in [0.25, 0.3) is 0 Å². The normalized spacial score (nSPS) is 14.7. The molecule has 0 heterocycles. The van der Waals surface area contributed by atoms with Gasteiger partial charge >= 0.3 is 7.12 Å². The minimum absolute atomic E-state index is 0.296. The molecule has 0 saturated carbocycles. The van der Waals surface area contributed by atoms with Crippen LogP contribution in [0, 0.1) is 5.41 Å². The number of ether oxygens (including phenoxy) is 1. The number of nitrogens with two attached hydrogens (primary N) is 1. The van der Waals surface area contributed by atoms with Gasteiger partial charge in [0.05, 0.1) is 18.5 Å². The van der Waals surface area contributed by atoms with Crippen LogP contribution in [0.1, 0.15) is 43.7 Å². The molecule has 3 rings (SSSR count). The molecule has 0 fully saturated rings. The molecule has 6 nitrogen and oxygen atoms in total. The van der Waals surface area contributed by atoms with Gasteiger partial charge in [-0.2, -0.15) is 0 Å². The summed E-state index contributed by atoms with van der Waals surface area (Å²) in [7, 11) is -0.130. The number of anilines is 1. The summed E-state index contributed by atoms with van der Waals surface area (Å²) < 4.78 is 5.57. The minimum atomic E-state index is -1.64. The molecule has 7 heteroatoms. The van der Waals surface area contributed by atoms with E-state index in [-0.39, 0.29) is 0 Å². The molecule has 0 bridgehead atoms. The standard InChI is InChI=1S/C22H26BN3O3/c1-14-6-3-4-7-17(14)21(26-16-10-11-20(25)15(12-16)13-24)18-8-5-9-19(23(27)28)22(18)29-2/h5,8-13,24,27-28H,3-4,6-7,25H2,1-2H3. The molecule has 0 amide bonds. The molecule has 0 unspecified atom stereocenters. The average molecular weight is 391 g/mol. The van der Waals surface area contributed by atoms with Gasteiger partial charge in [-0.15, -0.1) is 0 Å². The van der Waals surface area contributed by atoms with Gasteiger partial charge in [0.2, 0.25) is 0 Å². The lowest BCUT2D eigenvalue weighted by Crippen LogP contribution is -2.32. The summed E-state index contributed by atoms with van der Waals surface area (Å²) in [5.41, 5.74) is 11.9. The van der Waals surface area contributed by atoms with Crippen molar-refractivity contribution >= 4 is 35.9 Å². The van der Waals surface area contributed by atoms with Crippen molar-refractivity contribution in [1.29, 1.82) is 5.41 Å². The molecule has 2 aromatic rings. The van der Waals surface area contributed by atoms with Crippen LogP contribution in [-0.2, 0) is 0 Å². The van der Waals surface area contributed by atoms with Crippen LogP contribution in [0.3, 0.4) is 0 Å². The number of nitrogen functional groups attached to an aromatic ring is 1. The number of aliphatic imine (C=N–C) groups is 1. The zero-order valence-electron chi connectivity index (χ0n) is 16.8. The van der Waals surface area contributed by atoms with E-state index in [1.54, 1.807) is 24.3 Å². The van der Waals surface area contributed by atoms with E-state index in [1.165, 1.54) is 18.9 Å². The van der Waals surface area contributed by atoms with E-state index in [0.29, 0.717) is 33.7 Å². The highest BCUT2D eigenvalue weighted by molar-refractivity contribution is 6.60. The van der Waals surface area contributed by atoms with E-state index in [9.17, 15) is 10.0 Å². The zero-order valence-corrected chi connectivity index (χ0v) is 16.8. The maximum Gasteiger partial charge on any atom is 0.492 e.